The summed E-state index contributed by atoms with van der Waals surface area (Å²) in [5.41, 5.74) is 0.126. The van der Waals surface area contributed by atoms with Crippen LogP contribution in [0.4, 0.5) is 0 Å². The van der Waals surface area contributed by atoms with E-state index in [-0.39, 0.29) is 18.1 Å². The standard InChI is InChI=1S/C13H21N3O2/c1-9(2)5-13(4,18)8-16-12(17)11-7-14-10(3)6-15-11/h6-7,9,18H,5,8H2,1-4H3,(H,16,17). The number of aliphatic hydroxyl groups is 1. The maximum absolute atomic E-state index is 11.8. The zero-order valence-corrected chi connectivity index (χ0v) is 11.4. The summed E-state index contributed by atoms with van der Waals surface area (Å²) >= 11 is 0. The number of rotatable bonds is 5. The van der Waals surface area contributed by atoms with Crippen LogP contribution in [0, 0.1) is 12.8 Å². The van der Waals surface area contributed by atoms with Crippen LogP contribution in [0.25, 0.3) is 0 Å². The monoisotopic (exact) mass is 251 g/mol. The van der Waals surface area contributed by atoms with Crippen molar-refractivity contribution in [1.29, 1.82) is 0 Å². The predicted octanol–water partition coefficient (Wildman–Crippen LogP) is 1.31. The zero-order valence-electron chi connectivity index (χ0n) is 11.4. The van der Waals surface area contributed by atoms with Crippen LogP contribution in [0.15, 0.2) is 12.4 Å². The molecule has 0 aliphatic rings. The summed E-state index contributed by atoms with van der Waals surface area (Å²) < 4.78 is 0. The van der Waals surface area contributed by atoms with Gasteiger partial charge in [0.15, 0.2) is 0 Å². The molecule has 0 aromatic carbocycles. The van der Waals surface area contributed by atoms with Crippen LogP contribution >= 0.6 is 0 Å². The molecule has 5 heteroatoms. The Morgan fingerprint density at radius 3 is 2.61 bits per heavy atom. The number of aromatic nitrogens is 2. The normalized spacial score (nSPS) is 14.3. The van der Waals surface area contributed by atoms with Crippen molar-refractivity contribution in [2.45, 2.75) is 39.7 Å². The van der Waals surface area contributed by atoms with Gasteiger partial charge in [-0.15, -0.1) is 0 Å². The van der Waals surface area contributed by atoms with Gasteiger partial charge in [-0.3, -0.25) is 9.78 Å². The van der Waals surface area contributed by atoms with Gasteiger partial charge < -0.3 is 10.4 Å². The largest absolute Gasteiger partial charge is 0.388 e. The Morgan fingerprint density at radius 1 is 1.44 bits per heavy atom. The molecule has 0 aliphatic carbocycles. The molecule has 0 aliphatic heterocycles. The minimum Gasteiger partial charge on any atom is -0.388 e. The van der Waals surface area contributed by atoms with Crippen molar-refractivity contribution in [3.05, 3.63) is 23.8 Å². The first kappa shape index (κ1) is 14.6. The molecule has 100 valence electrons. The topological polar surface area (TPSA) is 75.1 Å². The first-order valence-corrected chi connectivity index (χ1v) is 6.09. The van der Waals surface area contributed by atoms with Crippen molar-refractivity contribution in [3.8, 4) is 0 Å². The summed E-state index contributed by atoms with van der Waals surface area (Å²) in [5.74, 6) is 0.0580. The number of nitrogens with zero attached hydrogens (tertiary/aromatic N) is 2. The summed E-state index contributed by atoms with van der Waals surface area (Å²) in [6.45, 7) is 7.79. The fourth-order valence-electron chi connectivity index (χ4n) is 1.82. The van der Waals surface area contributed by atoms with Crippen molar-refractivity contribution in [2.24, 2.45) is 5.92 Å². The Kier molecular flexibility index (Phi) is 4.78. The van der Waals surface area contributed by atoms with Gasteiger partial charge in [-0.1, -0.05) is 13.8 Å². The van der Waals surface area contributed by atoms with E-state index in [1.165, 1.54) is 6.20 Å². The lowest BCUT2D eigenvalue weighted by Gasteiger charge is -2.25. The molecule has 1 rings (SSSR count). The molecule has 0 fully saturated rings. The molecule has 1 amide bonds. The van der Waals surface area contributed by atoms with Gasteiger partial charge in [0.05, 0.1) is 17.5 Å². The number of aryl methyl sites for hydroxylation is 1. The van der Waals surface area contributed by atoms with Gasteiger partial charge in [-0.25, -0.2) is 4.98 Å². The molecular formula is C13H21N3O2. The second kappa shape index (κ2) is 5.91. The van der Waals surface area contributed by atoms with E-state index in [1.54, 1.807) is 13.1 Å². The second-order valence-corrected chi connectivity index (χ2v) is 5.32. The fraction of sp³-hybridized carbons (Fsp3) is 0.615. The van der Waals surface area contributed by atoms with Crippen LogP contribution in [0.2, 0.25) is 0 Å². The average molecular weight is 251 g/mol. The molecule has 0 bridgehead atoms. The third-order valence-electron chi connectivity index (χ3n) is 2.49. The van der Waals surface area contributed by atoms with Gasteiger partial charge >= 0.3 is 0 Å². The number of amides is 1. The number of hydrogen-bond donors (Lipinski definition) is 2. The molecule has 1 aromatic heterocycles. The van der Waals surface area contributed by atoms with E-state index in [1.807, 2.05) is 20.8 Å². The summed E-state index contributed by atoms with van der Waals surface area (Å²) in [6.07, 6.45) is 3.61. The maximum Gasteiger partial charge on any atom is 0.271 e. The van der Waals surface area contributed by atoms with E-state index < -0.39 is 5.60 Å². The molecule has 18 heavy (non-hydrogen) atoms. The molecule has 0 spiro atoms. The molecule has 2 N–H and O–H groups in total. The number of carbonyl (C=O) groups is 1. The van der Waals surface area contributed by atoms with E-state index in [2.05, 4.69) is 15.3 Å². The minimum absolute atomic E-state index is 0.208. The quantitative estimate of drug-likeness (QED) is 0.827. The summed E-state index contributed by atoms with van der Waals surface area (Å²) in [5, 5.41) is 12.7. The minimum atomic E-state index is -0.901. The summed E-state index contributed by atoms with van der Waals surface area (Å²) in [4.78, 5) is 19.8. The molecular weight excluding hydrogens is 230 g/mol. The Morgan fingerprint density at radius 2 is 2.11 bits per heavy atom. The Hall–Kier alpha value is -1.49. The molecule has 1 aromatic rings. The lowest BCUT2D eigenvalue weighted by Crippen LogP contribution is -2.41. The molecule has 5 nitrogen and oxygen atoms in total. The number of carbonyl (C=O) groups excluding carboxylic acids is 1. The fourth-order valence-corrected chi connectivity index (χ4v) is 1.82. The van der Waals surface area contributed by atoms with Crippen LogP contribution in [-0.4, -0.2) is 33.1 Å². The van der Waals surface area contributed by atoms with Crippen LogP contribution in [0.5, 0.6) is 0 Å². The molecule has 0 saturated heterocycles. The molecule has 1 heterocycles. The molecule has 1 atom stereocenters. The third kappa shape index (κ3) is 4.79. The Bertz CT molecular complexity index is 399. The van der Waals surface area contributed by atoms with Gasteiger partial charge in [-0.2, -0.15) is 0 Å². The van der Waals surface area contributed by atoms with Crippen LogP contribution in [0.1, 0.15) is 43.4 Å². The van der Waals surface area contributed by atoms with Gasteiger partial charge in [0.25, 0.3) is 5.91 Å². The zero-order chi connectivity index (χ0) is 13.8. The van der Waals surface area contributed by atoms with E-state index in [4.69, 9.17) is 0 Å². The van der Waals surface area contributed by atoms with Gasteiger partial charge in [0, 0.05) is 12.7 Å². The Labute approximate surface area is 108 Å². The van der Waals surface area contributed by atoms with Crippen LogP contribution in [0.3, 0.4) is 0 Å². The first-order chi connectivity index (χ1) is 8.30. The van der Waals surface area contributed by atoms with E-state index in [0.29, 0.717) is 12.3 Å². The molecule has 0 radical (unpaired) electrons. The van der Waals surface area contributed by atoms with Crippen molar-refractivity contribution in [3.63, 3.8) is 0 Å². The van der Waals surface area contributed by atoms with Gasteiger partial charge in [0.1, 0.15) is 5.69 Å². The average Bonchev–Trinajstić information content (AvgIpc) is 2.25. The number of hydrogen-bond acceptors (Lipinski definition) is 4. The lowest BCUT2D eigenvalue weighted by molar-refractivity contribution is 0.0367. The maximum atomic E-state index is 11.8. The third-order valence-corrected chi connectivity index (χ3v) is 2.49. The van der Waals surface area contributed by atoms with Crippen LogP contribution in [-0.2, 0) is 0 Å². The number of nitrogens with one attached hydrogen (secondary N) is 1. The highest BCUT2D eigenvalue weighted by Crippen LogP contribution is 2.15. The summed E-state index contributed by atoms with van der Waals surface area (Å²) in [7, 11) is 0. The van der Waals surface area contributed by atoms with Gasteiger partial charge in [-0.05, 0) is 26.2 Å². The highest BCUT2D eigenvalue weighted by atomic mass is 16.3. The van der Waals surface area contributed by atoms with Crippen molar-refractivity contribution < 1.29 is 9.90 Å². The lowest BCUT2D eigenvalue weighted by atomic mass is 9.94. The van der Waals surface area contributed by atoms with Crippen LogP contribution < -0.4 is 5.32 Å². The SMILES string of the molecule is Cc1cnc(C(=O)NCC(C)(O)CC(C)C)cn1. The Balaban J connectivity index is 2.53. The van der Waals surface area contributed by atoms with Crippen molar-refractivity contribution in [2.75, 3.05) is 6.54 Å². The van der Waals surface area contributed by atoms with Crippen molar-refractivity contribution >= 4 is 5.91 Å². The predicted molar refractivity (Wildman–Crippen MR) is 69.2 cm³/mol. The smallest absolute Gasteiger partial charge is 0.271 e. The second-order valence-electron chi connectivity index (χ2n) is 5.32. The van der Waals surface area contributed by atoms with E-state index >= 15 is 0 Å². The molecule has 0 saturated carbocycles. The summed E-state index contributed by atoms with van der Waals surface area (Å²) in [6, 6.07) is 0. The highest BCUT2D eigenvalue weighted by Gasteiger charge is 2.23. The van der Waals surface area contributed by atoms with Gasteiger partial charge in [0.2, 0.25) is 0 Å². The molecule has 1 unspecified atom stereocenters. The van der Waals surface area contributed by atoms with E-state index in [0.717, 1.165) is 5.69 Å². The highest BCUT2D eigenvalue weighted by molar-refractivity contribution is 5.91. The first-order valence-electron chi connectivity index (χ1n) is 6.09. The van der Waals surface area contributed by atoms with Crippen molar-refractivity contribution in [1.82, 2.24) is 15.3 Å². The van der Waals surface area contributed by atoms with E-state index in [9.17, 15) is 9.90 Å².